The molecule has 0 bridgehead atoms. The van der Waals surface area contributed by atoms with E-state index in [1.165, 1.54) is 37.7 Å². The average Bonchev–Trinajstić information content (AvgIpc) is 1.44. The van der Waals surface area contributed by atoms with Crippen LogP contribution in [0.3, 0.4) is 0 Å². The summed E-state index contributed by atoms with van der Waals surface area (Å²) in [6, 6.07) is 89.8. The molecule has 3 aliphatic heterocycles. The Morgan fingerprint density at radius 2 is 0.610 bits per heavy atom. The molecule has 0 saturated carbocycles. The van der Waals surface area contributed by atoms with Crippen LogP contribution in [0.1, 0.15) is 115 Å². The van der Waals surface area contributed by atoms with Gasteiger partial charge in [-0.3, -0.25) is 28.8 Å². The first-order chi connectivity index (χ1) is 57.8. The number of amides is 6. The third-order valence-electron chi connectivity index (χ3n) is 23.0. The third kappa shape index (κ3) is 24.1. The van der Waals surface area contributed by atoms with Gasteiger partial charge in [0.1, 0.15) is 0 Å². The van der Waals surface area contributed by atoms with Crippen molar-refractivity contribution >= 4 is 89.3 Å². The predicted molar refractivity (Wildman–Crippen MR) is 478 cm³/mol. The molecular weight excluding hydrogens is 1470 g/mol. The van der Waals surface area contributed by atoms with Crippen molar-refractivity contribution in [3.63, 3.8) is 0 Å². The number of nitrogens with two attached hydrogens (primary N) is 3. The van der Waals surface area contributed by atoms with E-state index in [1.54, 1.807) is 0 Å². The number of carbonyl (C=O) groups is 6. The summed E-state index contributed by atoms with van der Waals surface area (Å²) in [4.78, 5) is 85.3. The molecule has 3 aliphatic rings. The molecule has 12 aromatic rings. The summed E-state index contributed by atoms with van der Waals surface area (Å²) >= 11 is 0. The number of nitrogens with zero attached hydrogens (tertiary/aromatic N) is 3. The Bertz CT molecular complexity index is 5330. The van der Waals surface area contributed by atoms with E-state index in [0.29, 0.717) is 96.9 Å². The van der Waals surface area contributed by atoms with Crippen LogP contribution in [0, 0.1) is 0 Å². The number of hydrogen-bond donors (Lipinski definition) is 9. The Balaban J connectivity index is 0.000000154. The van der Waals surface area contributed by atoms with Crippen molar-refractivity contribution in [1.82, 2.24) is 46.6 Å². The lowest BCUT2D eigenvalue weighted by atomic mass is 10.0. The fraction of sp³-hybridized carbons (Fsp3) is 0.320. The van der Waals surface area contributed by atoms with E-state index < -0.39 is 0 Å². The lowest BCUT2D eigenvalue weighted by Crippen LogP contribution is -2.48. The Morgan fingerprint density at radius 3 is 0.983 bits per heavy atom. The molecule has 3 fully saturated rings. The van der Waals surface area contributed by atoms with Crippen molar-refractivity contribution in [3.8, 4) is 11.1 Å². The van der Waals surface area contributed by atoms with Gasteiger partial charge in [-0.05, 0) is 201 Å². The number of rotatable bonds is 30. The van der Waals surface area contributed by atoms with E-state index >= 15 is 0 Å². The van der Waals surface area contributed by atoms with Crippen molar-refractivity contribution in [2.24, 2.45) is 17.2 Å². The van der Waals surface area contributed by atoms with Crippen molar-refractivity contribution in [1.29, 1.82) is 0 Å². The van der Waals surface area contributed by atoms with Crippen molar-refractivity contribution in [3.05, 3.63) is 300 Å². The van der Waals surface area contributed by atoms with E-state index in [2.05, 4.69) is 171 Å². The second-order valence-corrected chi connectivity index (χ2v) is 31.8. The van der Waals surface area contributed by atoms with Crippen LogP contribution in [0.5, 0.6) is 0 Å². The number of unbranched alkanes of at least 4 members (excludes halogenated alkanes) is 3. The van der Waals surface area contributed by atoms with Crippen LogP contribution >= 0.6 is 0 Å². The predicted octanol–water partition coefficient (Wildman–Crippen LogP) is 14.2. The van der Waals surface area contributed by atoms with E-state index in [4.69, 9.17) is 17.2 Å². The van der Waals surface area contributed by atoms with Gasteiger partial charge in [-0.1, -0.05) is 256 Å². The topological polar surface area (TPSA) is 262 Å². The normalized spacial score (nSPS) is 17.8. The third-order valence-corrected chi connectivity index (χ3v) is 23.0. The van der Waals surface area contributed by atoms with Crippen LogP contribution in [0.4, 0.5) is 0 Å². The molecule has 15 rings (SSSR count). The summed E-state index contributed by atoms with van der Waals surface area (Å²) in [5, 5.41) is 31.6. The Hall–Kier alpha value is -11.5. The zero-order chi connectivity index (χ0) is 81.8. The van der Waals surface area contributed by atoms with Crippen molar-refractivity contribution in [2.75, 3.05) is 58.9 Å². The Morgan fingerprint density at radius 1 is 0.314 bits per heavy atom. The van der Waals surface area contributed by atoms with Gasteiger partial charge in [0.15, 0.2) is 0 Å². The standard InChI is InChI=1S/C35H40N4O2.C33H38N4O2.C32H36N4O2/c36-20-7-6-12-33-35(41)39(25-27-15-18-29-10-4-5-11-31(29)22-27)21-19-32(38-33)24-37-34(40)23-26-13-16-30(17-14-26)28-8-2-1-3-9-28;34-17-6-5-11-31-33(39)37(23-25-13-15-27-8-2-4-10-29(27)20-25)18-16-30(36-31)22-35-32(38)21-24-12-14-26-7-1-3-9-28(26)19-24;33-17-6-5-11-30-32(38)36(22-23-12-13-24-7-1-3-9-26(24)19-23)18-16-29(35-30)21-34-31(37)28-15-14-25-8-2-4-10-27(25)20-28/h1-5,8-11,13-18,22,32-33,38H,6-7,12,19-21,23-25,36H2,(H,37,40);1-4,7-10,12-15,19-20,30-31,36H,5-6,11,16-18,21-23,34H2,(H,35,38);1-4,7-10,12-15,19-20,29-30,35H,5-6,11,16-18,21-22,33H2,(H,34,37)/t32-,33-;30-,31-;29-,30-/m000/s1. The lowest BCUT2D eigenvalue weighted by molar-refractivity contribution is -0.134. The maximum Gasteiger partial charge on any atom is 0.251 e. The minimum Gasteiger partial charge on any atom is -0.354 e. The minimum atomic E-state index is -0.285. The van der Waals surface area contributed by atoms with Gasteiger partial charge in [0.05, 0.1) is 31.0 Å². The number of benzene rings is 12. The molecule has 6 amide bonds. The molecule has 3 heterocycles. The summed E-state index contributed by atoms with van der Waals surface area (Å²) in [5.74, 6) is 0.268. The van der Waals surface area contributed by atoms with Gasteiger partial charge in [-0.25, -0.2) is 0 Å². The van der Waals surface area contributed by atoms with Gasteiger partial charge in [0, 0.05) is 82.6 Å². The zero-order valence-electron chi connectivity index (χ0n) is 67.8. The van der Waals surface area contributed by atoms with Crippen molar-refractivity contribution in [2.45, 2.75) is 146 Å². The first-order valence-corrected chi connectivity index (χ1v) is 42.4. The van der Waals surface area contributed by atoms with Crippen molar-refractivity contribution < 1.29 is 28.8 Å². The highest BCUT2D eigenvalue weighted by atomic mass is 16.2. The number of fused-ring (bicyclic) bond motifs is 5. The molecule has 118 heavy (non-hydrogen) atoms. The largest absolute Gasteiger partial charge is 0.354 e. The van der Waals surface area contributed by atoms with Crippen LogP contribution in [0.15, 0.2) is 267 Å². The molecule has 12 aromatic carbocycles. The summed E-state index contributed by atoms with van der Waals surface area (Å²) < 4.78 is 0. The SMILES string of the molecule is NCCCC[C@@H]1N[C@H](CNC(=O)Cc2ccc(-c3ccccc3)cc2)CCN(Cc2ccc3ccccc3c2)C1=O.NCCCC[C@@H]1N[C@H](CNC(=O)Cc2ccc3ccccc3c2)CCN(Cc2ccc3ccccc3c2)C1=O.NCCCC[C@@H]1N[C@H](CNC(=O)c2ccc3ccccc3c2)CCN(Cc2ccc3ccccc3c2)C1=O. The molecule has 0 spiro atoms. The molecule has 18 heteroatoms. The maximum absolute atomic E-state index is 13.6. The van der Waals surface area contributed by atoms with E-state index in [0.717, 1.165) is 132 Å². The number of hydrogen-bond acceptors (Lipinski definition) is 12. The first-order valence-electron chi connectivity index (χ1n) is 42.4. The van der Waals surface area contributed by atoms with E-state index in [1.807, 2.05) is 142 Å². The van der Waals surface area contributed by atoms with Gasteiger partial charge < -0.3 is 63.8 Å². The highest BCUT2D eigenvalue weighted by molar-refractivity contribution is 5.99. The molecule has 0 radical (unpaired) electrons. The maximum atomic E-state index is 13.6. The van der Waals surface area contributed by atoms with Gasteiger partial charge in [0.25, 0.3) is 5.91 Å². The van der Waals surface area contributed by atoms with E-state index in [-0.39, 0.29) is 71.7 Å². The second-order valence-electron chi connectivity index (χ2n) is 31.8. The molecule has 3 saturated heterocycles. The number of carbonyl (C=O) groups excluding carboxylic acids is 6. The van der Waals surface area contributed by atoms with E-state index in [9.17, 15) is 28.8 Å². The molecule has 610 valence electrons. The highest BCUT2D eigenvalue weighted by Gasteiger charge is 2.34. The minimum absolute atomic E-state index is 0.00430. The fourth-order valence-corrected chi connectivity index (χ4v) is 16.4. The molecule has 0 aromatic heterocycles. The van der Waals surface area contributed by atoms with Crippen LogP contribution in [0.2, 0.25) is 0 Å². The fourth-order valence-electron chi connectivity index (χ4n) is 16.4. The first kappa shape index (κ1) is 84.4. The summed E-state index contributed by atoms with van der Waals surface area (Å²) in [6.45, 7) is 6.99. The second kappa shape index (κ2) is 43.1. The number of nitrogens with one attached hydrogen (secondary N) is 6. The average molecular weight is 1580 g/mol. The Labute approximate surface area is 694 Å². The van der Waals surface area contributed by atoms with Gasteiger partial charge >= 0.3 is 0 Å². The highest BCUT2D eigenvalue weighted by Crippen LogP contribution is 2.27. The smallest absolute Gasteiger partial charge is 0.251 e. The van der Waals surface area contributed by atoms with Crippen LogP contribution in [-0.4, -0.2) is 145 Å². The van der Waals surface area contributed by atoms with Crippen LogP contribution in [0.25, 0.3) is 65.0 Å². The van der Waals surface area contributed by atoms with Gasteiger partial charge in [0.2, 0.25) is 29.5 Å². The molecule has 6 atom stereocenters. The summed E-state index contributed by atoms with van der Waals surface area (Å²) in [5.41, 5.74) is 25.5. The monoisotopic (exact) mass is 1580 g/mol. The van der Waals surface area contributed by atoms with Crippen LogP contribution in [-0.2, 0) is 56.4 Å². The molecular formula is C100H114N12O6. The van der Waals surface area contributed by atoms with Crippen LogP contribution < -0.4 is 49.1 Å². The Kier molecular flexibility index (Phi) is 30.8. The molecule has 0 aliphatic carbocycles. The van der Waals surface area contributed by atoms with Gasteiger partial charge in [-0.15, -0.1) is 0 Å². The molecule has 12 N–H and O–H groups in total. The quantitative estimate of drug-likeness (QED) is 0.0190. The molecule has 18 nitrogen and oxygen atoms in total. The summed E-state index contributed by atoms with van der Waals surface area (Å²) in [7, 11) is 0. The lowest BCUT2D eigenvalue weighted by Gasteiger charge is -2.25. The van der Waals surface area contributed by atoms with Gasteiger partial charge in [-0.2, -0.15) is 0 Å². The molecule has 0 unspecified atom stereocenters. The zero-order valence-corrected chi connectivity index (χ0v) is 67.8. The summed E-state index contributed by atoms with van der Waals surface area (Å²) in [6.07, 6.45) is 10.6.